The van der Waals surface area contributed by atoms with E-state index < -0.39 is 0 Å². The van der Waals surface area contributed by atoms with Crippen molar-refractivity contribution in [2.24, 2.45) is 0 Å². The zero-order valence-corrected chi connectivity index (χ0v) is 6.33. The molecule has 0 spiro atoms. The monoisotopic (exact) mass is 140 g/mol. The van der Waals surface area contributed by atoms with E-state index in [0.717, 1.165) is 6.42 Å². The summed E-state index contributed by atoms with van der Waals surface area (Å²) in [7, 11) is 0. The third-order valence-corrected chi connectivity index (χ3v) is 0.838. The molecule has 0 aromatic rings. The molecule has 0 bridgehead atoms. The number of hydrogen-bond donors (Lipinski definition) is 0. The summed E-state index contributed by atoms with van der Waals surface area (Å²) in [5.74, 6) is -0.281. The van der Waals surface area contributed by atoms with Crippen LogP contribution in [0, 0.1) is 0 Å². The van der Waals surface area contributed by atoms with Gasteiger partial charge in [-0.2, -0.15) is 0 Å². The minimum atomic E-state index is -0.281. The maximum Gasteiger partial charge on any atom is 0.307 e. The number of carbonyl (C=O) groups excluding carboxylic acids is 1. The number of rotatable bonds is 3. The Morgan fingerprint density at radius 1 is 1.50 bits per heavy atom. The Hall–Kier alpha value is -1.05. The number of ether oxygens (including phenoxy) is 1. The number of allylic oxidation sites excluding steroid dienone is 3. The molecule has 0 aliphatic carbocycles. The van der Waals surface area contributed by atoms with Crippen LogP contribution < -0.4 is 0 Å². The predicted molar refractivity (Wildman–Crippen MR) is 40.3 cm³/mol. The highest BCUT2D eigenvalue weighted by atomic mass is 16.5. The standard InChI is InChI=1S/C8H12O2/c1-3-4-5-6-7-10-8(2)9/h3-4,6-7H,5H2,1-2H3. The van der Waals surface area contributed by atoms with Crippen LogP contribution in [0.5, 0.6) is 0 Å². The van der Waals surface area contributed by atoms with Crippen LogP contribution in [0.4, 0.5) is 0 Å². The van der Waals surface area contributed by atoms with E-state index in [0.29, 0.717) is 0 Å². The number of hydrogen-bond acceptors (Lipinski definition) is 2. The Labute approximate surface area is 61.2 Å². The first kappa shape index (κ1) is 8.95. The Morgan fingerprint density at radius 3 is 2.70 bits per heavy atom. The van der Waals surface area contributed by atoms with E-state index in [2.05, 4.69) is 4.74 Å². The summed E-state index contributed by atoms with van der Waals surface area (Å²) < 4.78 is 4.54. The van der Waals surface area contributed by atoms with Crippen LogP contribution in [0.2, 0.25) is 0 Å². The van der Waals surface area contributed by atoms with E-state index in [1.165, 1.54) is 13.2 Å². The molecule has 0 unspecified atom stereocenters. The highest BCUT2D eigenvalue weighted by molar-refractivity contribution is 5.66. The van der Waals surface area contributed by atoms with Gasteiger partial charge in [0.05, 0.1) is 6.26 Å². The minimum absolute atomic E-state index is 0.281. The minimum Gasteiger partial charge on any atom is -0.435 e. The molecular weight excluding hydrogens is 128 g/mol. The van der Waals surface area contributed by atoms with E-state index in [1.807, 2.05) is 19.1 Å². The first-order valence-electron chi connectivity index (χ1n) is 3.20. The third kappa shape index (κ3) is 6.95. The molecule has 0 rings (SSSR count). The van der Waals surface area contributed by atoms with Crippen molar-refractivity contribution in [1.29, 1.82) is 0 Å². The van der Waals surface area contributed by atoms with Gasteiger partial charge in [0.2, 0.25) is 0 Å². The van der Waals surface area contributed by atoms with Crippen LogP contribution in [0.3, 0.4) is 0 Å². The van der Waals surface area contributed by atoms with Gasteiger partial charge in [-0.3, -0.25) is 4.79 Å². The average molecular weight is 140 g/mol. The normalized spacial score (nSPS) is 11.0. The van der Waals surface area contributed by atoms with Crippen LogP contribution in [0.25, 0.3) is 0 Å². The summed E-state index contributed by atoms with van der Waals surface area (Å²) in [5.41, 5.74) is 0. The Morgan fingerprint density at radius 2 is 2.20 bits per heavy atom. The SMILES string of the molecule is CC=CCC=COC(C)=O. The molecule has 0 saturated carbocycles. The summed E-state index contributed by atoms with van der Waals surface area (Å²) in [4.78, 5) is 10.2. The Bertz CT molecular complexity index is 145. The van der Waals surface area contributed by atoms with Gasteiger partial charge in [-0.1, -0.05) is 12.2 Å². The van der Waals surface area contributed by atoms with Gasteiger partial charge in [0, 0.05) is 6.92 Å². The van der Waals surface area contributed by atoms with E-state index in [1.54, 1.807) is 6.08 Å². The molecule has 0 aromatic carbocycles. The molecule has 0 atom stereocenters. The maximum atomic E-state index is 10.2. The second-order valence-electron chi connectivity index (χ2n) is 1.79. The van der Waals surface area contributed by atoms with Gasteiger partial charge in [-0.15, -0.1) is 0 Å². The molecule has 56 valence electrons. The van der Waals surface area contributed by atoms with Crippen LogP contribution >= 0.6 is 0 Å². The smallest absolute Gasteiger partial charge is 0.307 e. The molecule has 0 aromatic heterocycles. The van der Waals surface area contributed by atoms with Crippen molar-refractivity contribution >= 4 is 5.97 Å². The van der Waals surface area contributed by atoms with Crippen molar-refractivity contribution in [3.05, 3.63) is 24.5 Å². The Balaban J connectivity index is 3.29. The van der Waals surface area contributed by atoms with Crippen LogP contribution in [-0.2, 0) is 9.53 Å². The first-order chi connectivity index (χ1) is 4.77. The van der Waals surface area contributed by atoms with Crippen LogP contribution in [0.15, 0.2) is 24.5 Å². The maximum absolute atomic E-state index is 10.2. The molecule has 2 nitrogen and oxygen atoms in total. The van der Waals surface area contributed by atoms with E-state index in [-0.39, 0.29) is 5.97 Å². The highest BCUT2D eigenvalue weighted by Gasteiger charge is 1.82. The van der Waals surface area contributed by atoms with Gasteiger partial charge in [0.25, 0.3) is 0 Å². The summed E-state index contributed by atoms with van der Waals surface area (Å²) in [5, 5.41) is 0. The van der Waals surface area contributed by atoms with Crippen molar-refractivity contribution in [3.8, 4) is 0 Å². The van der Waals surface area contributed by atoms with Crippen LogP contribution in [0.1, 0.15) is 20.3 Å². The quantitative estimate of drug-likeness (QED) is 0.340. The first-order valence-corrected chi connectivity index (χ1v) is 3.20. The van der Waals surface area contributed by atoms with Gasteiger partial charge < -0.3 is 4.74 Å². The molecule has 0 aliphatic rings. The van der Waals surface area contributed by atoms with Crippen molar-refractivity contribution < 1.29 is 9.53 Å². The van der Waals surface area contributed by atoms with Crippen molar-refractivity contribution in [1.82, 2.24) is 0 Å². The molecule has 0 amide bonds. The summed E-state index contributed by atoms with van der Waals surface area (Å²) >= 11 is 0. The van der Waals surface area contributed by atoms with Gasteiger partial charge in [0.1, 0.15) is 0 Å². The van der Waals surface area contributed by atoms with Crippen molar-refractivity contribution in [3.63, 3.8) is 0 Å². The lowest BCUT2D eigenvalue weighted by atomic mass is 10.4. The zero-order chi connectivity index (χ0) is 7.82. The fourth-order valence-electron chi connectivity index (χ4n) is 0.414. The van der Waals surface area contributed by atoms with Gasteiger partial charge >= 0.3 is 5.97 Å². The van der Waals surface area contributed by atoms with E-state index in [9.17, 15) is 4.79 Å². The summed E-state index contributed by atoms with van der Waals surface area (Å²) in [6, 6.07) is 0. The number of esters is 1. The fourth-order valence-corrected chi connectivity index (χ4v) is 0.414. The van der Waals surface area contributed by atoms with Crippen molar-refractivity contribution in [2.75, 3.05) is 0 Å². The second-order valence-corrected chi connectivity index (χ2v) is 1.79. The van der Waals surface area contributed by atoms with Crippen LogP contribution in [-0.4, -0.2) is 5.97 Å². The molecule has 0 aliphatic heterocycles. The molecule has 10 heavy (non-hydrogen) atoms. The topological polar surface area (TPSA) is 26.3 Å². The number of carbonyl (C=O) groups is 1. The molecule has 0 heterocycles. The van der Waals surface area contributed by atoms with Gasteiger partial charge in [0.15, 0.2) is 0 Å². The lowest BCUT2D eigenvalue weighted by Gasteiger charge is -1.87. The molecular formula is C8H12O2. The van der Waals surface area contributed by atoms with E-state index >= 15 is 0 Å². The molecule has 0 saturated heterocycles. The largest absolute Gasteiger partial charge is 0.435 e. The van der Waals surface area contributed by atoms with Gasteiger partial charge in [-0.05, 0) is 19.4 Å². The molecule has 0 radical (unpaired) electrons. The van der Waals surface area contributed by atoms with E-state index in [4.69, 9.17) is 0 Å². The van der Waals surface area contributed by atoms with Crippen molar-refractivity contribution in [2.45, 2.75) is 20.3 Å². The predicted octanol–water partition coefficient (Wildman–Crippen LogP) is 2.03. The average Bonchev–Trinajstić information content (AvgIpc) is 1.87. The third-order valence-electron chi connectivity index (χ3n) is 0.838. The molecule has 0 N–H and O–H groups in total. The highest BCUT2D eigenvalue weighted by Crippen LogP contribution is 1.86. The molecule has 0 fully saturated rings. The summed E-state index contributed by atoms with van der Waals surface area (Å²) in [6.07, 6.45) is 7.91. The van der Waals surface area contributed by atoms with Gasteiger partial charge in [-0.25, -0.2) is 0 Å². The lowest BCUT2D eigenvalue weighted by Crippen LogP contribution is -1.88. The zero-order valence-electron chi connectivity index (χ0n) is 6.33. The fraction of sp³-hybridized carbons (Fsp3) is 0.375. The Kier molecular flexibility index (Phi) is 5.44. The lowest BCUT2D eigenvalue weighted by molar-refractivity contribution is -0.135. The second kappa shape index (κ2) is 6.08. The summed E-state index contributed by atoms with van der Waals surface area (Å²) in [6.45, 7) is 3.32. The molecule has 2 heteroatoms.